The highest BCUT2D eigenvalue weighted by Crippen LogP contribution is 2.22. The van der Waals surface area contributed by atoms with Crippen LogP contribution in [0.1, 0.15) is 23.7 Å². The molecule has 0 bridgehead atoms. The zero-order chi connectivity index (χ0) is 13.1. The normalized spacial score (nSPS) is 22.8. The van der Waals surface area contributed by atoms with E-state index >= 15 is 0 Å². The van der Waals surface area contributed by atoms with Crippen molar-refractivity contribution in [1.82, 2.24) is 9.88 Å². The molecule has 1 aliphatic rings. The Morgan fingerprint density at radius 2 is 2.44 bits per heavy atom. The summed E-state index contributed by atoms with van der Waals surface area (Å²) in [5, 5.41) is 0. The van der Waals surface area contributed by atoms with Crippen LogP contribution in [0.2, 0.25) is 0 Å². The summed E-state index contributed by atoms with van der Waals surface area (Å²) in [6, 6.07) is 1.78. The highest BCUT2D eigenvalue weighted by Gasteiger charge is 2.31. The van der Waals surface area contributed by atoms with E-state index in [1.807, 2.05) is 6.92 Å². The molecule has 1 aromatic heterocycles. The summed E-state index contributed by atoms with van der Waals surface area (Å²) in [5.74, 6) is 5.30. The van der Waals surface area contributed by atoms with Crippen molar-refractivity contribution < 1.29 is 9.53 Å². The van der Waals surface area contributed by atoms with Gasteiger partial charge in [0.25, 0.3) is 5.91 Å². The van der Waals surface area contributed by atoms with Crippen molar-refractivity contribution in [2.45, 2.75) is 25.5 Å². The second-order valence-corrected chi connectivity index (χ2v) is 4.41. The number of hydrogen-bond acceptors (Lipinski definition) is 5. The van der Waals surface area contributed by atoms with Crippen LogP contribution in [0.3, 0.4) is 0 Å². The Bertz CT molecular complexity index is 438. The average molecular weight is 250 g/mol. The number of pyridine rings is 1. The van der Waals surface area contributed by atoms with Gasteiger partial charge >= 0.3 is 0 Å². The fourth-order valence-corrected chi connectivity index (χ4v) is 2.26. The van der Waals surface area contributed by atoms with Gasteiger partial charge in [0.15, 0.2) is 0 Å². The van der Waals surface area contributed by atoms with Crippen LogP contribution in [0.15, 0.2) is 18.5 Å². The van der Waals surface area contributed by atoms with Crippen molar-refractivity contribution >= 4 is 11.6 Å². The lowest BCUT2D eigenvalue weighted by Gasteiger charge is -2.27. The van der Waals surface area contributed by atoms with Crippen molar-refractivity contribution in [3.63, 3.8) is 0 Å². The zero-order valence-corrected chi connectivity index (χ0v) is 10.6. The van der Waals surface area contributed by atoms with Crippen molar-refractivity contribution in [2.75, 3.05) is 19.1 Å². The van der Waals surface area contributed by atoms with Gasteiger partial charge in [0.1, 0.15) is 0 Å². The van der Waals surface area contributed by atoms with E-state index in [2.05, 4.69) is 10.4 Å². The SMILES string of the molecule is CC1OCCC1N(C)C(=O)c1cnccc1NN. The maximum absolute atomic E-state index is 12.4. The lowest BCUT2D eigenvalue weighted by molar-refractivity contribution is 0.0575. The van der Waals surface area contributed by atoms with Crippen LogP contribution >= 0.6 is 0 Å². The second kappa shape index (κ2) is 5.32. The van der Waals surface area contributed by atoms with Crippen LogP contribution < -0.4 is 11.3 Å². The monoisotopic (exact) mass is 250 g/mol. The first-order chi connectivity index (χ1) is 8.65. The van der Waals surface area contributed by atoms with Crippen LogP contribution in [-0.4, -0.2) is 41.6 Å². The maximum atomic E-state index is 12.4. The number of hydrogen-bond donors (Lipinski definition) is 2. The Balaban J connectivity index is 2.20. The van der Waals surface area contributed by atoms with Gasteiger partial charge in [0, 0.05) is 26.0 Å². The number of ether oxygens (including phenoxy) is 1. The number of aromatic nitrogens is 1. The van der Waals surface area contributed by atoms with Crippen molar-refractivity contribution in [1.29, 1.82) is 0 Å². The van der Waals surface area contributed by atoms with Crippen LogP contribution in [-0.2, 0) is 4.74 Å². The number of nitrogens with two attached hydrogens (primary N) is 1. The van der Waals surface area contributed by atoms with E-state index in [1.54, 1.807) is 24.2 Å². The molecular formula is C12H18N4O2. The van der Waals surface area contributed by atoms with Gasteiger partial charge in [-0.1, -0.05) is 0 Å². The molecule has 1 amide bonds. The first-order valence-electron chi connectivity index (χ1n) is 5.94. The molecule has 1 aromatic rings. The Morgan fingerprint density at radius 1 is 1.67 bits per heavy atom. The molecule has 2 atom stereocenters. The number of nitrogen functional groups attached to an aromatic ring is 1. The molecule has 6 heteroatoms. The van der Waals surface area contributed by atoms with E-state index in [-0.39, 0.29) is 18.1 Å². The number of nitrogens with one attached hydrogen (secondary N) is 1. The van der Waals surface area contributed by atoms with E-state index in [1.165, 1.54) is 6.20 Å². The molecule has 1 aliphatic heterocycles. The number of rotatable bonds is 3. The predicted octanol–water partition coefficient (Wildman–Crippen LogP) is 0.617. The third-order valence-electron chi connectivity index (χ3n) is 3.36. The summed E-state index contributed by atoms with van der Waals surface area (Å²) in [6.07, 6.45) is 4.03. The number of hydrazine groups is 1. The van der Waals surface area contributed by atoms with Crippen LogP contribution in [0, 0.1) is 0 Å². The molecule has 18 heavy (non-hydrogen) atoms. The summed E-state index contributed by atoms with van der Waals surface area (Å²) in [7, 11) is 1.78. The van der Waals surface area contributed by atoms with Gasteiger partial charge in [-0.3, -0.25) is 15.6 Å². The summed E-state index contributed by atoms with van der Waals surface area (Å²) in [4.78, 5) is 18.1. The first-order valence-corrected chi connectivity index (χ1v) is 5.94. The van der Waals surface area contributed by atoms with Crippen molar-refractivity contribution in [2.24, 2.45) is 5.84 Å². The van der Waals surface area contributed by atoms with E-state index in [0.717, 1.165) is 6.42 Å². The molecular weight excluding hydrogens is 232 g/mol. The van der Waals surface area contributed by atoms with Gasteiger partial charge in [-0.25, -0.2) is 0 Å². The highest BCUT2D eigenvalue weighted by atomic mass is 16.5. The molecule has 1 saturated heterocycles. The molecule has 1 fully saturated rings. The molecule has 2 unspecified atom stereocenters. The fourth-order valence-electron chi connectivity index (χ4n) is 2.26. The number of nitrogens with zero attached hydrogens (tertiary/aromatic N) is 2. The molecule has 0 radical (unpaired) electrons. The van der Waals surface area contributed by atoms with E-state index in [4.69, 9.17) is 10.6 Å². The molecule has 98 valence electrons. The number of anilines is 1. The predicted molar refractivity (Wildman–Crippen MR) is 68.0 cm³/mol. The fraction of sp³-hybridized carbons (Fsp3) is 0.500. The Hall–Kier alpha value is -1.66. The molecule has 0 aromatic carbocycles. The summed E-state index contributed by atoms with van der Waals surface area (Å²) >= 11 is 0. The van der Waals surface area contributed by atoms with Gasteiger partial charge in [0.2, 0.25) is 0 Å². The molecule has 2 rings (SSSR count). The average Bonchev–Trinajstić information content (AvgIpc) is 2.83. The van der Waals surface area contributed by atoms with Crippen LogP contribution in [0.25, 0.3) is 0 Å². The van der Waals surface area contributed by atoms with Crippen molar-refractivity contribution in [3.8, 4) is 0 Å². The summed E-state index contributed by atoms with van der Waals surface area (Å²) < 4.78 is 5.48. The van der Waals surface area contributed by atoms with Gasteiger partial charge in [-0.2, -0.15) is 0 Å². The minimum Gasteiger partial charge on any atom is -0.376 e. The van der Waals surface area contributed by atoms with E-state index in [0.29, 0.717) is 17.9 Å². The lowest BCUT2D eigenvalue weighted by atomic mass is 10.1. The van der Waals surface area contributed by atoms with Crippen molar-refractivity contribution in [3.05, 3.63) is 24.0 Å². The third kappa shape index (κ3) is 2.30. The standard InChI is InChI=1S/C12H18N4O2/c1-8-11(4-6-18-8)16(2)12(17)9-7-14-5-3-10(9)15-13/h3,5,7-8,11H,4,6,13H2,1-2H3,(H,14,15). The number of carbonyl (C=O) groups is 1. The van der Waals surface area contributed by atoms with Gasteiger partial charge in [-0.15, -0.1) is 0 Å². The molecule has 0 spiro atoms. The largest absolute Gasteiger partial charge is 0.376 e. The zero-order valence-electron chi connectivity index (χ0n) is 10.6. The smallest absolute Gasteiger partial charge is 0.257 e. The van der Waals surface area contributed by atoms with Gasteiger partial charge in [0.05, 0.1) is 23.4 Å². The maximum Gasteiger partial charge on any atom is 0.257 e. The summed E-state index contributed by atoms with van der Waals surface area (Å²) in [5.41, 5.74) is 3.57. The Labute approximate surface area is 106 Å². The minimum absolute atomic E-state index is 0.0601. The number of amides is 1. The quantitative estimate of drug-likeness (QED) is 0.607. The van der Waals surface area contributed by atoms with Gasteiger partial charge < -0.3 is 15.1 Å². The molecule has 3 N–H and O–H groups in total. The Morgan fingerprint density at radius 3 is 3.06 bits per heavy atom. The topological polar surface area (TPSA) is 80.5 Å². The first kappa shape index (κ1) is 12.8. The van der Waals surface area contributed by atoms with Crippen LogP contribution in [0.5, 0.6) is 0 Å². The van der Waals surface area contributed by atoms with Gasteiger partial charge in [-0.05, 0) is 19.4 Å². The number of carbonyl (C=O) groups excluding carboxylic acids is 1. The molecule has 0 aliphatic carbocycles. The summed E-state index contributed by atoms with van der Waals surface area (Å²) in [6.45, 7) is 2.67. The second-order valence-electron chi connectivity index (χ2n) is 4.41. The third-order valence-corrected chi connectivity index (χ3v) is 3.36. The highest BCUT2D eigenvalue weighted by molar-refractivity contribution is 5.99. The number of likely N-dealkylation sites (N-methyl/N-ethyl adjacent to an activating group) is 1. The molecule has 6 nitrogen and oxygen atoms in total. The molecule has 2 heterocycles. The van der Waals surface area contributed by atoms with E-state index in [9.17, 15) is 4.79 Å². The van der Waals surface area contributed by atoms with Crippen LogP contribution in [0.4, 0.5) is 5.69 Å². The molecule has 0 saturated carbocycles. The lowest BCUT2D eigenvalue weighted by Crippen LogP contribution is -2.41. The van der Waals surface area contributed by atoms with E-state index < -0.39 is 0 Å². The Kier molecular flexibility index (Phi) is 3.78. The minimum atomic E-state index is -0.0987.